The molecule has 0 aromatic carbocycles. The quantitative estimate of drug-likeness (QED) is 0.411. The first-order chi connectivity index (χ1) is 15.9. The fraction of sp³-hybridized carbons (Fsp3) is 0.893. The second-order valence-electron chi connectivity index (χ2n) is 10.4. The molecule has 1 saturated heterocycles. The van der Waals surface area contributed by atoms with Crippen LogP contribution in [0, 0.1) is 39.9 Å². The van der Waals surface area contributed by atoms with Crippen LogP contribution in [0.2, 0.25) is 0 Å². The van der Waals surface area contributed by atoms with Gasteiger partial charge in [0.2, 0.25) is 0 Å². The molecule has 5 heteroatoms. The van der Waals surface area contributed by atoms with Gasteiger partial charge in [-0.1, -0.05) is 45.8 Å². The topological polar surface area (TPSA) is 62.5 Å². The van der Waals surface area contributed by atoms with Crippen LogP contribution >= 0.6 is 11.8 Å². The highest BCUT2D eigenvalue weighted by Gasteiger charge is 2.60. The van der Waals surface area contributed by atoms with Crippen molar-refractivity contribution in [2.24, 2.45) is 28.6 Å². The van der Waals surface area contributed by atoms with Crippen LogP contribution in [-0.4, -0.2) is 43.2 Å². The number of hydrogen-bond donors (Lipinski definition) is 1. The Hall–Kier alpha value is -0.540. The van der Waals surface area contributed by atoms with Crippen LogP contribution in [-0.2, 0) is 9.47 Å². The molecule has 5 rings (SSSR count). The van der Waals surface area contributed by atoms with Gasteiger partial charge in [-0.25, -0.2) is 0 Å². The number of aliphatic hydroxyl groups excluding tert-OH is 1. The predicted molar refractivity (Wildman–Crippen MR) is 139 cm³/mol. The standard InChI is InChI=1S/C22H31NO2.C3H8S.C2H6.CH4O/c1-20-9-10-21(2)17-7-8-22(24-11-12-25-22)13-15(17)3-5-19(21)18(20)6-4-16(20)14-23;1-3-4-2;2*1-2/h16,18-19H,3-13H2,1-2H3;3H2,1-2H3;1-2H3;2H,1H3. The Balaban J connectivity index is 0.000000430. The van der Waals surface area contributed by atoms with E-state index < -0.39 is 0 Å². The number of rotatable bonds is 1. The molecule has 2 saturated carbocycles. The number of aliphatic hydroxyl groups is 1. The van der Waals surface area contributed by atoms with Crippen molar-refractivity contribution in [1.82, 2.24) is 0 Å². The molecule has 0 aromatic rings. The number of hydrogen-bond acceptors (Lipinski definition) is 5. The molecular formula is C28H49NO3S. The summed E-state index contributed by atoms with van der Waals surface area (Å²) in [6.45, 7) is 12.7. The maximum absolute atomic E-state index is 9.65. The normalized spacial score (nSPS) is 37.6. The van der Waals surface area contributed by atoms with E-state index in [0.29, 0.717) is 5.41 Å². The molecule has 5 aliphatic rings. The third-order valence-electron chi connectivity index (χ3n) is 9.27. The number of nitrogens with zero attached hydrogens (tertiary/aromatic N) is 1. The van der Waals surface area contributed by atoms with Crippen molar-refractivity contribution in [1.29, 1.82) is 5.26 Å². The van der Waals surface area contributed by atoms with Gasteiger partial charge in [0.1, 0.15) is 0 Å². The SMILES string of the molecule is CC.CC12CCC3(C)C(C#N)CCC3C1CCC1=C2CCC2(C1)OCCO2.CCSC.CO. The van der Waals surface area contributed by atoms with Crippen molar-refractivity contribution in [2.75, 3.05) is 32.3 Å². The van der Waals surface area contributed by atoms with E-state index in [1.807, 2.05) is 25.6 Å². The number of ether oxygens (including phenoxy) is 2. The zero-order chi connectivity index (χ0) is 24.7. The monoisotopic (exact) mass is 479 g/mol. The molecular weight excluding hydrogens is 430 g/mol. The lowest BCUT2D eigenvalue weighted by Gasteiger charge is -2.58. The van der Waals surface area contributed by atoms with Gasteiger partial charge in [0.15, 0.2) is 5.79 Å². The molecule has 1 heterocycles. The molecule has 190 valence electrons. The molecule has 33 heavy (non-hydrogen) atoms. The largest absolute Gasteiger partial charge is 0.400 e. The summed E-state index contributed by atoms with van der Waals surface area (Å²) in [5.74, 6) is 2.76. The van der Waals surface area contributed by atoms with Crippen LogP contribution in [0.15, 0.2) is 11.1 Å². The fourth-order valence-corrected chi connectivity index (χ4v) is 7.56. The van der Waals surface area contributed by atoms with E-state index in [0.717, 1.165) is 57.8 Å². The minimum absolute atomic E-state index is 0.268. The summed E-state index contributed by atoms with van der Waals surface area (Å²) in [6.07, 6.45) is 12.7. The molecule has 0 bridgehead atoms. The van der Waals surface area contributed by atoms with E-state index in [2.05, 4.69) is 33.1 Å². The highest BCUT2D eigenvalue weighted by atomic mass is 32.2. The second kappa shape index (κ2) is 12.4. The Morgan fingerprint density at radius 2 is 1.64 bits per heavy atom. The van der Waals surface area contributed by atoms with Crippen LogP contribution in [0.4, 0.5) is 0 Å². The highest BCUT2D eigenvalue weighted by Crippen LogP contribution is 2.67. The molecule has 0 amide bonds. The molecule has 0 radical (unpaired) electrons. The number of allylic oxidation sites excluding steroid dienone is 1. The van der Waals surface area contributed by atoms with Gasteiger partial charge < -0.3 is 14.6 Å². The zero-order valence-electron chi connectivity index (χ0n) is 22.3. The van der Waals surface area contributed by atoms with Gasteiger partial charge in [0.05, 0.1) is 25.2 Å². The Kier molecular flexibility index (Phi) is 10.8. The summed E-state index contributed by atoms with van der Waals surface area (Å²) >= 11 is 1.86. The van der Waals surface area contributed by atoms with Crippen molar-refractivity contribution < 1.29 is 14.6 Å². The van der Waals surface area contributed by atoms with Crippen LogP contribution in [0.25, 0.3) is 0 Å². The van der Waals surface area contributed by atoms with Crippen LogP contribution < -0.4 is 0 Å². The summed E-state index contributed by atoms with van der Waals surface area (Å²) < 4.78 is 12.0. The summed E-state index contributed by atoms with van der Waals surface area (Å²) in [4.78, 5) is 0. The Labute approximate surface area is 207 Å². The van der Waals surface area contributed by atoms with Gasteiger partial charge in [-0.15, -0.1) is 0 Å². The van der Waals surface area contributed by atoms with Crippen molar-refractivity contribution in [3.05, 3.63) is 11.1 Å². The third kappa shape index (κ3) is 5.35. The average molecular weight is 480 g/mol. The van der Waals surface area contributed by atoms with Gasteiger partial charge in [-0.2, -0.15) is 17.0 Å². The average Bonchev–Trinajstić information content (AvgIpc) is 3.45. The third-order valence-corrected chi connectivity index (χ3v) is 9.84. The van der Waals surface area contributed by atoms with Crippen LogP contribution in [0.5, 0.6) is 0 Å². The minimum Gasteiger partial charge on any atom is -0.400 e. The first kappa shape index (κ1) is 28.7. The van der Waals surface area contributed by atoms with Crippen LogP contribution in [0.1, 0.15) is 92.4 Å². The Morgan fingerprint density at radius 3 is 2.21 bits per heavy atom. The first-order valence-electron chi connectivity index (χ1n) is 13.2. The first-order valence-corrected chi connectivity index (χ1v) is 14.6. The molecule has 1 aliphatic heterocycles. The molecule has 3 fully saturated rings. The number of nitriles is 1. The van der Waals surface area contributed by atoms with Crippen LogP contribution in [0.3, 0.4) is 0 Å². The van der Waals surface area contributed by atoms with E-state index in [9.17, 15) is 5.26 Å². The van der Waals surface area contributed by atoms with Crippen molar-refractivity contribution in [3.63, 3.8) is 0 Å². The van der Waals surface area contributed by atoms with E-state index in [1.165, 1.54) is 37.9 Å². The molecule has 5 atom stereocenters. The number of fused-ring (bicyclic) bond motifs is 4. The maximum Gasteiger partial charge on any atom is 0.172 e. The van der Waals surface area contributed by atoms with Gasteiger partial charge in [0.25, 0.3) is 0 Å². The van der Waals surface area contributed by atoms with E-state index in [-0.39, 0.29) is 17.1 Å². The van der Waals surface area contributed by atoms with Gasteiger partial charge in [0, 0.05) is 20.0 Å². The lowest BCUT2D eigenvalue weighted by molar-refractivity contribution is -0.167. The smallest absolute Gasteiger partial charge is 0.172 e. The van der Waals surface area contributed by atoms with Gasteiger partial charge in [-0.3, -0.25) is 0 Å². The lowest BCUT2D eigenvalue weighted by atomic mass is 9.47. The van der Waals surface area contributed by atoms with Crippen molar-refractivity contribution in [3.8, 4) is 6.07 Å². The van der Waals surface area contributed by atoms with Gasteiger partial charge in [-0.05, 0) is 79.6 Å². The molecule has 1 N–H and O–H groups in total. The Bertz CT molecular complexity index is 694. The summed E-state index contributed by atoms with van der Waals surface area (Å²) in [5, 5.41) is 16.6. The van der Waals surface area contributed by atoms with Gasteiger partial charge >= 0.3 is 0 Å². The molecule has 4 aliphatic carbocycles. The summed E-state index contributed by atoms with van der Waals surface area (Å²) in [7, 11) is 1.00. The summed E-state index contributed by atoms with van der Waals surface area (Å²) in [6, 6.07) is 2.66. The van der Waals surface area contributed by atoms with E-state index >= 15 is 0 Å². The van der Waals surface area contributed by atoms with Crippen molar-refractivity contribution in [2.45, 2.75) is 98.2 Å². The minimum atomic E-state index is -0.287. The van der Waals surface area contributed by atoms with Crippen molar-refractivity contribution >= 4 is 11.8 Å². The molecule has 5 unspecified atom stereocenters. The number of thioether (sulfide) groups is 1. The van der Waals surface area contributed by atoms with E-state index in [1.54, 1.807) is 11.1 Å². The lowest BCUT2D eigenvalue weighted by Crippen LogP contribution is -2.50. The highest BCUT2D eigenvalue weighted by molar-refractivity contribution is 7.98. The summed E-state index contributed by atoms with van der Waals surface area (Å²) in [5.41, 5.74) is 4.05. The van der Waals surface area contributed by atoms with E-state index in [4.69, 9.17) is 14.6 Å². The second-order valence-corrected chi connectivity index (χ2v) is 11.5. The fourth-order valence-electron chi connectivity index (χ4n) is 7.56. The molecule has 0 aromatic heterocycles. The maximum atomic E-state index is 9.65. The predicted octanol–water partition coefficient (Wildman–Crippen LogP) is 6.98. The molecule has 1 spiro atoms. The molecule has 4 nitrogen and oxygen atoms in total. The zero-order valence-corrected chi connectivity index (χ0v) is 23.2. The Morgan fingerprint density at radius 1 is 1.00 bits per heavy atom.